The Morgan fingerprint density at radius 2 is 1.86 bits per heavy atom. The second-order valence-electron chi connectivity index (χ2n) is 6.61. The van der Waals surface area contributed by atoms with E-state index < -0.39 is 23.9 Å². The van der Waals surface area contributed by atoms with Gasteiger partial charge in [0.1, 0.15) is 5.84 Å². The number of carbonyl (C=O) groups is 3. The first kappa shape index (κ1) is 20.2. The van der Waals surface area contributed by atoms with Gasteiger partial charge in [-0.25, -0.2) is 4.90 Å². The van der Waals surface area contributed by atoms with E-state index in [1.807, 2.05) is 0 Å². The minimum atomic E-state index is -1.36. The molecule has 29 heavy (non-hydrogen) atoms. The number of carbonyl (C=O) groups excluding carboxylic acids is 3. The number of nitrogens with one attached hydrogen (secondary N) is 2. The third-order valence-electron chi connectivity index (χ3n) is 4.67. The molecular weight excluding hydrogens is 372 g/mol. The number of benzene rings is 2. The van der Waals surface area contributed by atoms with E-state index in [1.54, 1.807) is 56.3 Å². The van der Waals surface area contributed by atoms with Crippen molar-refractivity contribution in [1.82, 2.24) is 10.2 Å². The zero-order chi connectivity index (χ0) is 21.1. The van der Waals surface area contributed by atoms with E-state index in [1.165, 1.54) is 0 Å². The normalized spacial score (nSPS) is 13.9. The fourth-order valence-electron chi connectivity index (χ4n) is 3.19. The van der Waals surface area contributed by atoms with Crippen molar-refractivity contribution < 1.29 is 19.1 Å². The number of fused-ring (bicyclic) bond motifs is 1. The highest BCUT2D eigenvalue weighted by molar-refractivity contribution is 6.23. The van der Waals surface area contributed by atoms with Crippen molar-refractivity contribution in [1.29, 1.82) is 5.41 Å². The summed E-state index contributed by atoms with van der Waals surface area (Å²) in [6, 6.07) is 11.8. The van der Waals surface area contributed by atoms with Crippen LogP contribution in [-0.4, -0.2) is 41.3 Å². The van der Waals surface area contributed by atoms with E-state index in [4.69, 9.17) is 15.9 Å². The summed E-state index contributed by atoms with van der Waals surface area (Å²) in [5.41, 5.74) is 8.02. The minimum Gasteiger partial charge on any atom is -0.384 e. The molecule has 0 spiro atoms. The topological polar surface area (TPSA) is 126 Å². The van der Waals surface area contributed by atoms with Crippen LogP contribution in [-0.2, 0) is 16.1 Å². The van der Waals surface area contributed by atoms with Crippen LogP contribution in [0.3, 0.4) is 0 Å². The van der Waals surface area contributed by atoms with Crippen molar-refractivity contribution in [2.24, 2.45) is 5.73 Å². The van der Waals surface area contributed by atoms with Gasteiger partial charge in [0.25, 0.3) is 17.7 Å². The zero-order valence-electron chi connectivity index (χ0n) is 16.2. The average molecular weight is 394 g/mol. The second kappa shape index (κ2) is 8.24. The molecule has 0 aromatic heterocycles. The lowest BCUT2D eigenvalue weighted by molar-refractivity contribution is -0.140. The average Bonchev–Trinajstić information content (AvgIpc) is 2.96. The van der Waals surface area contributed by atoms with Gasteiger partial charge in [-0.3, -0.25) is 19.8 Å². The molecule has 4 N–H and O–H groups in total. The minimum absolute atomic E-state index is 0.0436. The van der Waals surface area contributed by atoms with Gasteiger partial charge in [0.15, 0.2) is 0 Å². The molecule has 3 amide bonds. The number of imide groups is 1. The number of hydrogen-bond acceptors (Lipinski definition) is 5. The van der Waals surface area contributed by atoms with Gasteiger partial charge in [-0.05, 0) is 31.0 Å². The van der Waals surface area contributed by atoms with E-state index in [2.05, 4.69) is 5.32 Å². The van der Waals surface area contributed by atoms with Crippen LogP contribution in [0.25, 0.3) is 0 Å². The van der Waals surface area contributed by atoms with Gasteiger partial charge < -0.3 is 15.8 Å². The number of hydrogen-bond donors (Lipinski definition) is 3. The van der Waals surface area contributed by atoms with Crippen LogP contribution in [0.4, 0.5) is 0 Å². The Bertz CT molecular complexity index is 985. The Labute approximate surface area is 168 Å². The summed E-state index contributed by atoms with van der Waals surface area (Å²) in [4.78, 5) is 39.2. The van der Waals surface area contributed by atoms with Crippen molar-refractivity contribution in [2.75, 3.05) is 6.61 Å². The summed E-state index contributed by atoms with van der Waals surface area (Å²) >= 11 is 0. The molecule has 1 atom stereocenters. The van der Waals surface area contributed by atoms with E-state index in [9.17, 15) is 14.4 Å². The predicted octanol–water partition coefficient (Wildman–Crippen LogP) is 1.55. The van der Waals surface area contributed by atoms with Crippen LogP contribution in [0.5, 0.6) is 0 Å². The van der Waals surface area contributed by atoms with Crippen molar-refractivity contribution in [3.05, 3.63) is 70.3 Å². The van der Waals surface area contributed by atoms with Gasteiger partial charge in [-0.15, -0.1) is 0 Å². The first-order chi connectivity index (χ1) is 13.8. The van der Waals surface area contributed by atoms with Crippen LogP contribution in [0.2, 0.25) is 0 Å². The smallest absolute Gasteiger partial charge is 0.271 e. The maximum absolute atomic E-state index is 12.8. The zero-order valence-corrected chi connectivity index (χ0v) is 16.2. The molecule has 0 bridgehead atoms. The maximum atomic E-state index is 12.8. The number of amidine groups is 1. The molecule has 0 fully saturated rings. The number of aryl methyl sites for hydroxylation is 1. The maximum Gasteiger partial charge on any atom is 0.271 e. The first-order valence-corrected chi connectivity index (χ1v) is 9.15. The molecule has 0 saturated carbocycles. The summed E-state index contributed by atoms with van der Waals surface area (Å²) in [5, 5.41) is 10.1. The molecule has 8 nitrogen and oxygen atoms in total. The van der Waals surface area contributed by atoms with E-state index >= 15 is 0 Å². The number of nitrogens with zero attached hydrogens (tertiary/aromatic N) is 1. The molecule has 2 aromatic rings. The highest BCUT2D eigenvalue weighted by Crippen LogP contribution is 2.27. The molecule has 0 aliphatic carbocycles. The molecule has 0 radical (unpaired) electrons. The number of nitrogens with two attached hydrogens (primary N) is 1. The van der Waals surface area contributed by atoms with Gasteiger partial charge in [0.05, 0.1) is 11.1 Å². The van der Waals surface area contributed by atoms with E-state index in [0.717, 1.165) is 10.5 Å². The first-order valence-electron chi connectivity index (χ1n) is 9.15. The Morgan fingerprint density at radius 1 is 1.17 bits per heavy atom. The molecule has 1 aliphatic rings. The summed E-state index contributed by atoms with van der Waals surface area (Å²) in [6.07, 6.45) is -1.36. The molecule has 2 aromatic carbocycles. The lowest BCUT2D eigenvalue weighted by Gasteiger charge is -2.25. The molecular formula is C21H22N4O4. The highest BCUT2D eigenvalue weighted by atomic mass is 16.5. The molecule has 8 heteroatoms. The second-order valence-corrected chi connectivity index (χ2v) is 6.61. The lowest BCUT2D eigenvalue weighted by atomic mass is 10.0. The van der Waals surface area contributed by atoms with Crippen LogP contribution in [0.1, 0.15) is 44.3 Å². The van der Waals surface area contributed by atoms with Crippen LogP contribution >= 0.6 is 0 Å². The van der Waals surface area contributed by atoms with Crippen molar-refractivity contribution in [2.45, 2.75) is 26.6 Å². The van der Waals surface area contributed by atoms with Gasteiger partial charge in [-0.1, -0.05) is 36.4 Å². The molecule has 1 aliphatic heterocycles. The SMILES string of the molecule is CCO[C@@H](C(=O)NCc1ccc(C(=N)N)cc1)N1C(=O)c2cccc(C)c2C1=O. The van der Waals surface area contributed by atoms with Crippen LogP contribution in [0, 0.1) is 12.3 Å². The number of ether oxygens (including phenoxy) is 1. The molecule has 0 saturated heterocycles. The van der Waals surface area contributed by atoms with Gasteiger partial charge in [0.2, 0.25) is 6.23 Å². The third kappa shape index (κ3) is 3.88. The Balaban J connectivity index is 1.76. The molecule has 3 rings (SSSR count). The van der Waals surface area contributed by atoms with Gasteiger partial charge in [0, 0.05) is 18.7 Å². The monoisotopic (exact) mass is 394 g/mol. The van der Waals surface area contributed by atoms with Crippen LogP contribution < -0.4 is 11.1 Å². The van der Waals surface area contributed by atoms with Crippen molar-refractivity contribution >= 4 is 23.6 Å². The quantitative estimate of drug-likeness (QED) is 0.373. The van der Waals surface area contributed by atoms with Gasteiger partial charge >= 0.3 is 0 Å². The number of amides is 3. The Hall–Kier alpha value is -3.52. The molecule has 150 valence electrons. The molecule has 0 unspecified atom stereocenters. The molecule has 1 heterocycles. The Morgan fingerprint density at radius 3 is 2.45 bits per heavy atom. The van der Waals surface area contributed by atoms with Crippen molar-refractivity contribution in [3.63, 3.8) is 0 Å². The fourth-order valence-corrected chi connectivity index (χ4v) is 3.19. The summed E-state index contributed by atoms with van der Waals surface area (Å²) in [5.74, 6) is -1.72. The largest absolute Gasteiger partial charge is 0.384 e. The van der Waals surface area contributed by atoms with E-state index in [-0.39, 0.29) is 24.6 Å². The number of nitrogen functional groups attached to an aromatic ring is 1. The lowest BCUT2D eigenvalue weighted by Crippen LogP contribution is -2.51. The number of rotatable bonds is 7. The van der Waals surface area contributed by atoms with E-state index in [0.29, 0.717) is 16.7 Å². The third-order valence-corrected chi connectivity index (χ3v) is 4.67. The van der Waals surface area contributed by atoms with Crippen LogP contribution in [0.15, 0.2) is 42.5 Å². The Kier molecular flexibility index (Phi) is 5.74. The van der Waals surface area contributed by atoms with Gasteiger partial charge in [-0.2, -0.15) is 0 Å². The highest BCUT2D eigenvalue weighted by Gasteiger charge is 2.44. The standard InChI is InChI=1S/C21H22N4O4/c1-3-29-21(18(26)24-11-13-7-9-14(10-8-13)17(22)23)25-19(27)15-6-4-5-12(2)16(15)20(25)28/h4-10,21H,3,11H2,1-2H3,(H3,22,23)(H,24,26)/t21-/m0/s1. The predicted molar refractivity (Wildman–Crippen MR) is 106 cm³/mol. The van der Waals surface area contributed by atoms with Crippen molar-refractivity contribution in [3.8, 4) is 0 Å². The fraction of sp³-hybridized carbons (Fsp3) is 0.238. The summed E-state index contributed by atoms with van der Waals surface area (Å²) in [6.45, 7) is 3.75. The summed E-state index contributed by atoms with van der Waals surface area (Å²) in [7, 11) is 0. The summed E-state index contributed by atoms with van der Waals surface area (Å²) < 4.78 is 5.47.